The summed E-state index contributed by atoms with van der Waals surface area (Å²) in [5.74, 6) is -2.05. The minimum Gasteiger partial charge on any atom is -0.466 e. The van der Waals surface area contributed by atoms with Crippen molar-refractivity contribution in [2.24, 2.45) is 5.92 Å². The number of carbonyl (C=O) groups is 2. The van der Waals surface area contributed by atoms with Gasteiger partial charge in [0.05, 0.1) is 13.2 Å². The van der Waals surface area contributed by atoms with Gasteiger partial charge < -0.3 is 14.8 Å². The van der Waals surface area contributed by atoms with Crippen LogP contribution in [0.15, 0.2) is 0 Å². The Morgan fingerprint density at radius 1 is 1.11 bits per heavy atom. The van der Waals surface area contributed by atoms with Gasteiger partial charge in [0.15, 0.2) is 0 Å². The predicted molar refractivity (Wildman–Crippen MR) is 91.7 cm³/mol. The monoisotopic (exact) mass is 394 g/mol. The number of methoxy groups -OCH3 is 1. The summed E-state index contributed by atoms with van der Waals surface area (Å²) >= 11 is 0. The van der Waals surface area contributed by atoms with Gasteiger partial charge in [-0.2, -0.15) is 13.2 Å². The van der Waals surface area contributed by atoms with Crippen LogP contribution in [0.5, 0.6) is 0 Å². The van der Waals surface area contributed by atoms with E-state index >= 15 is 0 Å². The van der Waals surface area contributed by atoms with E-state index in [4.69, 9.17) is 4.74 Å². The van der Waals surface area contributed by atoms with E-state index in [1.807, 2.05) is 5.32 Å². The average molecular weight is 394 g/mol. The highest BCUT2D eigenvalue weighted by Gasteiger charge is 2.63. The number of halogens is 3. The van der Waals surface area contributed by atoms with Gasteiger partial charge in [-0.25, -0.2) is 4.79 Å². The molecule has 1 aliphatic heterocycles. The molecule has 0 aromatic heterocycles. The highest BCUT2D eigenvalue weighted by Crippen LogP contribution is 2.31. The second kappa shape index (κ2) is 9.73. The van der Waals surface area contributed by atoms with Crippen LogP contribution in [0.3, 0.4) is 0 Å². The molecule has 1 aliphatic carbocycles. The standard InChI is InChI=1S/C18H29F3N2O4/c1-26-16(25)17(18(19,20)21,22-12-14-8-5-11-27-14)23-15(24)10-9-13-6-3-2-4-7-13/h13-14,22H,2-12H2,1H3,(H,23,24)/t14-,17+/m0/s1. The largest absolute Gasteiger partial charge is 0.466 e. The molecule has 2 rings (SSSR count). The molecule has 2 N–H and O–H groups in total. The first-order chi connectivity index (χ1) is 12.8. The first-order valence-electron chi connectivity index (χ1n) is 9.61. The van der Waals surface area contributed by atoms with Crippen molar-refractivity contribution in [2.75, 3.05) is 20.3 Å². The second-order valence-corrected chi connectivity index (χ2v) is 7.35. The molecule has 2 aliphatic rings. The molecule has 1 saturated carbocycles. The van der Waals surface area contributed by atoms with Crippen LogP contribution >= 0.6 is 0 Å². The van der Waals surface area contributed by atoms with E-state index in [1.165, 1.54) is 0 Å². The molecular formula is C18H29F3N2O4. The van der Waals surface area contributed by atoms with Crippen LogP contribution < -0.4 is 10.6 Å². The summed E-state index contributed by atoms with van der Waals surface area (Å²) in [5.41, 5.74) is -3.27. The van der Waals surface area contributed by atoms with Crippen LogP contribution in [0.2, 0.25) is 0 Å². The third-order valence-corrected chi connectivity index (χ3v) is 5.37. The summed E-state index contributed by atoms with van der Waals surface area (Å²) in [6.07, 6.45) is 1.64. The van der Waals surface area contributed by atoms with Gasteiger partial charge in [0.25, 0.3) is 5.66 Å². The molecular weight excluding hydrogens is 365 g/mol. The lowest BCUT2D eigenvalue weighted by atomic mass is 9.86. The van der Waals surface area contributed by atoms with Gasteiger partial charge in [0, 0.05) is 19.6 Å². The number of alkyl halides is 3. The Morgan fingerprint density at radius 2 is 1.81 bits per heavy atom. The molecule has 156 valence electrons. The third-order valence-electron chi connectivity index (χ3n) is 5.37. The summed E-state index contributed by atoms with van der Waals surface area (Å²) in [4.78, 5) is 24.3. The van der Waals surface area contributed by atoms with Crippen molar-refractivity contribution >= 4 is 11.9 Å². The smallest absolute Gasteiger partial charge is 0.436 e. The Kier molecular flexibility index (Phi) is 7.91. The average Bonchev–Trinajstić information content (AvgIpc) is 3.16. The molecule has 0 spiro atoms. The Balaban J connectivity index is 2.04. The fourth-order valence-corrected chi connectivity index (χ4v) is 3.76. The second-order valence-electron chi connectivity index (χ2n) is 7.35. The summed E-state index contributed by atoms with van der Waals surface area (Å²) < 4.78 is 51.2. The normalized spacial score (nSPS) is 23.6. The minimum absolute atomic E-state index is 0.0545. The molecule has 2 atom stereocenters. The van der Waals surface area contributed by atoms with E-state index in [-0.39, 0.29) is 13.0 Å². The van der Waals surface area contributed by atoms with Crippen LogP contribution in [-0.2, 0) is 19.1 Å². The quantitative estimate of drug-likeness (QED) is 0.489. The molecule has 1 saturated heterocycles. The predicted octanol–water partition coefficient (Wildman–Crippen LogP) is 2.66. The van der Waals surface area contributed by atoms with Gasteiger partial charge in [-0.1, -0.05) is 32.1 Å². The molecule has 0 aromatic carbocycles. The Hall–Kier alpha value is -1.35. The van der Waals surface area contributed by atoms with E-state index in [2.05, 4.69) is 10.1 Å². The Labute approximate surface area is 157 Å². The zero-order valence-corrected chi connectivity index (χ0v) is 15.7. The maximum Gasteiger partial charge on any atom is 0.436 e. The Bertz CT molecular complexity index is 503. The first-order valence-corrected chi connectivity index (χ1v) is 9.61. The first kappa shape index (κ1) is 21.9. The zero-order valence-electron chi connectivity index (χ0n) is 15.7. The van der Waals surface area contributed by atoms with Crippen LogP contribution in [0.1, 0.15) is 57.8 Å². The molecule has 1 amide bonds. The number of nitrogens with one attached hydrogen (secondary N) is 2. The van der Waals surface area contributed by atoms with Crippen molar-refractivity contribution in [3.05, 3.63) is 0 Å². The topological polar surface area (TPSA) is 76.7 Å². The number of esters is 1. The van der Waals surface area contributed by atoms with Gasteiger partial charge in [0.2, 0.25) is 5.91 Å². The van der Waals surface area contributed by atoms with Crippen LogP contribution in [0.4, 0.5) is 13.2 Å². The summed E-state index contributed by atoms with van der Waals surface area (Å²) in [7, 11) is 0.866. The van der Waals surface area contributed by atoms with Crippen molar-refractivity contribution in [3.63, 3.8) is 0 Å². The van der Waals surface area contributed by atoms with Gasteiger partial charge >= 0.3 is 12.1 Å². The van der Waals surface area contributed by atoms with E-state index in [0.29, 0.717) is 25.4 Å². The van der Waals surface area contributed by atoms with Gasteiger partial charge in [-0.05, 0) is 25.2 Å². The number of hydrogen-bond acceptors (Lipinski definition) is 5. The number of hydrogen-bond donors (Lipinski definition) is 2. The lowest BCUT2D eigenvalue weighted by molar-refractivity contribution is -0.221. The number of carbonyl (C=O) groups excluding carboxylic acids is 2. The van der Waals surface area contributed by atoms with Crippen molar-refractivity contribution in [1.29, 1.82) is 0 Å². The van der Waals surface area contributed by atoms with Gasteiger partial charge in [-0.3, -0.25) is 10.1 Å². The number of rotatable bonds is 8. The van der Waals surface area contributed by atoms with Crippen molar-refractivity contribution in [2.45, 2.75) is 75.7 Å². The molecule has 2 fully saturated rings. The molecule has 0 unspecified atom stereocenters. The van der Waals surface area contributed by atoms with E-state index in [1.54, 1.807) is 0 Å². The molecule has 27 heavy (non-hydrogen) atoms. The molecule has 0 bridgehead atoms. The molecule has 9 heteroatoms. The lowest BCUT2D eigenvalue weighted by Crippen LogP contribution is -2.73. The Morgan fingerprint density at radius 3 is 2.37 bits per heavy atom. The SMILES string of the molecule is COC(=O)[C@@](NC[C@@H]1CCCO1)(NC(=O)CCC1CCCCC1)C(F)(F)F. The van der Waals surface area contributed by atoms with E-state index in [9.17, 15) is 22.8 Å². The number of ether oxygens (including phenoxy) is 2. The fourth-order valence-electron chi connectivity index (χ4n) is 3.76. The maximum absolute atomic E-state index is 13.8. The van der Waals surface area contributed by atoms with Crippen molar-refractivity contribution in [3.8, 4) is 0 Å². The lowest BCUT2D eigenvalue weighted by Gasteiger charge is -2.35. The molecule has 0 radical (unpaired) electrons. The maximum atomic E-state index is 13.8. The minimum atomic E-state index is -5.06. The van der Waals surface area contributed by atoms with Crippen LogP contribution in [0, 0.1) is 5.92 Å². The van der Waals surface area contributed by atoms with Crippen LogP contribution in [0.25, 0.3) is 0 Å². The number of amides is 1. The molecule has 6 nitrogen and oxygen atoms in total. The zero-order chi connectivity index (χ0) is 19.9. The molecule has 1 heterocycles. The van der Waals surface area contributed by atoms with Gasteiger partial charge in [-0.15, -0.1) is 0 Å². The van der Waals surface area contributed by atoms with Crippen molar-refractivity contribution in [1.82, 2.24) is 10.6 Å². The van der Waals surface area contributed by atoms with E-state index in [0.717, 1.165) is 45.6 Å². The van der Waals surface area contributed by atoms with Gasteiger partial charge in [0.1, 0.15) is 0 Å². The van der Waals surface area contributed by atoms with E-state index < -0.39 is 29.8 Å². The summed E-state index contributed by atoms with van der Waals surface area (Å²) in [6, 6.07) is 0. The molecule has 0 aromatic rings. The summed E-state index contributed by atoms with van der Waals surface area (Å²) in [5, 5.41) is 4.06. The van der Waals surface area contributed by atoms with Crippen LogP contribution in [-0.4, -0.2) is 50.1 Å². The summed E-state index contributed by atoms with van der Waals surface area (Å²) in [6.45, 7) is 0.259. The third kappa shape index (κ3) is 5.81. The fraction of sp³-hybridized carbons (Fsp3) is 0.889. The highest BCUT2D eigenvalue weighted by atomic mass is 19.4. The highest BCUT2D eigenvalue weighted by molar-refractivity contribution is 5.88. The van der Waals surface area contributed by atoms with Crippen molar-refractivity contribution < 1.29 is 32.2 Å².